The zero-order valence-corrected chi connectivity index (χ0v) is 19.9. The number of rotatable bonds is 9. The normalized spacial score (nSPS) is 15.8. The Morgan fingerprint density at radius 3 is 2.71 bits per heavy atom. The summed E-state index contributed by atoms with van der Waals surface area (Å²) in [4.78, 5) is 7.11. The van der Waals surface area contributed by atoms with Crippen LogP contribution in [0.5, 0.6) is 5.75 Å². The molecule has 0 amide bonds. The summed E-state index contributed by atoms with van der Waals surface area (Å²) < 4.78 is 5.46. The first-order chi connectivity index (χ1) is 13.1. The number of aliphatic hydroxyl groups is 1. The van der Waals surface area contributed by atoms with Crippen LogP contribution in [0.1, 0.15) is 37.3 Å². The van der Waals surface area contributed by atoms with Gasteiger partial charge in [0.05, 0.1) is 13.2 Å². The highest BCUT2D eigenvalue weighted by Gasteiger charge is 2.15. The molecule has 28 heavy (non-hydrogen) atoms. The van der Waals surface area contributed by atoms with Crippen molar-refractivity contribution < 1.29 is 9.84 Å². The lowest BCUT2D eigenvalue weighted by Crippen LogP contribution is -2.39. The quantitative estimate of drug-likeness (QED) is 0.209. The molecule has 0 bridgehead atoms. The minimum atomic E-state index is -0.101. The predicted octanol–water partition coefficient (Wildman–Crippen LogP) is 2.57. The molecule has 0 unspecified atom stereocenters. The van der Waals surface area contributed by atoms with Crippen molar-refractivity contribution in [1.29, 1.82) is 0 Å². The maximum atomic E-state index is 9.57. The number of aliphatic hydroxyl groups excluding tert-OH is 1. The molecule has 0 aliphatic carbocycles. The number of likely N-dealkylation sites (tertiary alicyclic amines) is 1. The monoisotopic (exact) mass is 504 g/mol. The molecule has 1 saturated heterocycles. The summed E-state index contributed by atoms with van der Waals surface area (Å²) in [5.74, 6) is 1.81. The Bertz CT molecular complexity index is 590. The Labute approximate surface area is 187 Å². The fourth-order valence-corrected chi connectivity index (χ4v) is 3.39. The first kappa shape index (κ1) is 25.0. The number of hydrogen-bond acceptors (Lipinski definition) is 4. The van der Waals surface area contributed by atoms with Crippen LogP contribution in [0.2, 0.25) is 0 Å². The SMILES string of the molecule is CCNC(=NCCCN1CCC(O)CC1)NCCc1cc(C)ccc1OC.I. The van der Waals surface area contributed by atoms with Crippen molar-refractivity contribution in [3.63, 3.8) is 0 Å². The number of halogens is 1. The third kappa shape index (κ3) is 8.96. The Hall–Kier alpha value is -1.06. The van der Waals surface area contributed by atoms with E-state index in [9.17, 15) is 5.11 Å². The summed E-state index contributed by atoms with van der Waals surface area (Å²) in [5.41, 5.74) is 2.46. The highest BCUT2D eigenvalue weighted by atomic mass is 127. The van der Waals surface area contributed by atoms with Crippen molar-refractivity contribution in [1.82, 2.24) is 15.5 Å². The summed E-state index contributed by atoms with van der Waals surface area (Å²) in [7, 11) is 1.72. The second-order valence-electron chi connectivity index (χ2n) is 7.18. The minimum Gasteiger partial charge on any atom is -0.496 e. The molecule has 1 aliphatic rings. The van der Waals surface area contributed by atoms with Crippen LogP contribution in [0.25, 0.3) is 0 Å². The van der Waals surface area contributed by atoms with Gasteiger partial charge >= 0.3 is 0 Å². The summed E-state index contributed by atoms with van der Waals surface area (Å²) in [6.07, 6.45) is 3.63. The molecule has 1 aromatic rings. The van der Waals surface area contributed by atoms with Gasteiger partial charge in [0, 0.05) is 32.7 Å². The van der Waals surface area contributed by atoms with Crippen molar-refractivity contribution in [2.45, 2.75) is 45.6 Å². The average Bonchev–Trinajstić information content (AvgIpc) is 2.67. The summed E-state index contributed by atoms with van der Waals surface area (Å²) in [6.45, 7) is 9.71. The Balaban J connectivity index is 0.00000392. The molecule has 2 rings (SSSR count). The molecular weight excluding hydrogens is 467 g/mol. The molecule has 0 saturated carbocycles. The van der Waals surface area contributed by atoms with E-state index in [1.54, 1.807) is 7.11 Å². The smallest absolute Gasteiger partial charge is 0.191 e. The lowest BCUT2D eigenvalue weighted by atomic mass is 10.1. The molecule has 7 heteroatoms. The first-order valence-corrected chi connectivity index (χ1v) is 10.2. The van der Waals surface area contributed by atoms with E-state index in [4.69, 9.17) is 9.73 Å². The number of nitrogens with zero attached hydrogens (tertiary/aromatic N) is 2. The Kier molecular flexibility index (Phi) is 12.5. The number of methoxy groups -OCH3 is 1. The molecule has 0 atom stereocenters. The number of piperidine rings is 1. The van der Waals surface area contributed by atoms with Gasteiger partial charge in [-0.3, -0.25) is 4.99 Å². The minimum absolute atomic E-state index is 0. The van der Waals surface area contributed by atoms with E-state index in [1.165, 1.54) is 11.1 Å². The van der Waals surface area contributed by atoms with E-state index < -0.39 is 0 Å². The van der Waals surface area contributed by atoms with Crippen LogP contribution in [0, 0.1) is 6.92 Å². The highest BCUT2D eigenvalue weighted by molar-refractivity contribution is 14.0. The van der Waals surface area contributed by atoms with Crippen molar-refractivity contribution >= 4 is 29.9 Å². The van der Waals surface area contributed by atoms with Gasteiger partial charge in [0.1, 0.15) is 5.75 Å². The van der Waals surface area contributed by atoms with E-state index in [-0.39, 0.29) is 30.1 Å². The molecule has 1 aliphatic heterocycles. The third-order valence-electron chi connectivity index (χ3n) is 4.93. The van der Waals surface area contributed by atoms with Gasteiger partial charge in [0.15, 0.2) is 5.96 Å². The zero-order valence-electron chi connectivity index (χ0n) is 17.5. The first-order valence-electron chi connectivity index (χ1n) is 10.2. The fourth-order valence-electron chi connectivity index (χ4n) is 3.39. The van der Waals surface area contributed by atoms with E-state index in [0.717, 1.165) is 76.7 Å². The van der Waals surface area contributed by atoms with Crippen molar-refractivity contribution in [2.24, 2.45) is 4.99 Å². The topological polar surface area (TPSA) is 69.1 Å². The van der Waals surface area contributed by atoms with E-state index in [1.807, 2.05) is 6.07 Å². The number of nitrogens with one attached hydrogen (secondary N) is 2. The van der Waals surface area contributed by atoms with E-state index in [0.29, 0.717) is 0 Å². The number of aryl methyl sites for hydroxylation is 1. The number of aliphatic imine (C=N–C) groups is 1. The van der Waals surface area contributed by atoms with Gasteiger partial charge in [-0.2, -0.15) is 0 Å². The van der Waals surface area contributed by atoms with Gasteiger partial charge in [0.2, 0.25) is 0 Å². The van der Waals surface area contributed by atoms with E-state index in [2.05, 4.69) is 41.5 Å². The van der Waals surface area contributed by atoms with Crippen LogP contribution in [0.3, 0.4) is 0 Å². The van der Waals surface area contributed by atoms with Crippen LogP contribution in [-0.2, 0) is 6.42 Å². The zero-order chi connectivity index (χ0) is 19.5. The van der Waals surface area contributed by atoms with Gasteiger partial charge in [-0.15, -0.1) is 24.0 Å². The molecule has 1 heterocycles. The molecule has 0 aromatic heterocycles. The van der Waals surface area contributed by atoms with Crippen molar-refractivity contribution in [3.8, 4) is 5.75 Å². The Morgan fingerprint density at radius 1 is 1.29 bits per heavy atom. The van der Waals surface area contributed by atoms with Gasteiger partial charge in [-0.05, 0) is 57.7 Å². The predicted molar refractivity (Wildman–Crippen MR) is 127 cm³/mol. The van der Waals surface area contributed by atoms with Crippen LogP contribution < -0.4 is 15.4 Å². The van der Waals surface area contributed by atoms with Crippen molar-refractivity contribution in [3.05, 3.63) is 29.3 Å². The number of hydrogen-bond donors (Lipinski definition) is 3. The lowest BCUT2D eigenvalue weighted by Gasteiger charge is -2.29. The van der Waals surface area contributed by atoms with Gasteiger partial charge in [0.25, 0.3) is 0 Å². The number of benzene rings is 1. The van der Waals surface area contributed by atoms with Crippen molar-refractivity contribution in [2.75, 3.05) is 46.4 Å². The molecule has 0 spiro atoms. The molecule has 1 aromatic carbocycles. The number of guanidine groups is 1. The fraction of sp³-hybridized carbons (Fsp3) is 0.667. The maximum absolute atomic E-state index is 9.57. The van der Waals surface area contributed by atoms with Gasteiger partial charge < -0.3 is 25.4 Å². The summed E-state index contributed by atoms with van der Waals surface area (Å²) >= 11 is 0. The second kappa shape index (κ2) is 14.0. The van der Waals surface area contributed by atoms with Crippen LogP contribution in [-0.4, -0.2) is 68.4 Å². The summed E-state index contributed by atoms with van der Waals surface area (Å²) in [5, 5.41) is 16.3. The molecule has 0 radical (unpaired) electrons. The number of ether oxygens (including phenoxy) is 1. The molecular formula is C21H37IN4O2. The summed E-state index contributed by atoms with van der Waals surface area (Å²) in [6, 6.07) is 6.29. The lowest BCUT2D eigenvalue weighted by molar-refractivity contribution is 0.0824. The maximum Gasteiger partial charge on any atom is 0.191 e. The standard InChI is InChI=1S/C21H36N4O2.HI/c1-4-22-21(23-11-5-13-25-14-9-19(26)10-15-25)24-12-8-18-16-17(2)6-7-20(18)27-3;/h6-7,16,19,26H,4-5,8-15H2,1-3H3,(H2,22,23,24);1H. The third-order valence-corrected chi connectivity index (χ3v) is 4.93. The molecule has 3 N–H and O–H groups in total. The largest absolute Gasteiger partial charge is 0.496 e. The van der Waals surface area contributed by atoms with Crippen LogP contribution in [0.15, 0.2) is 23.2 Å². The highest BCUT2D eigenvalue weighted by Crippen LogP contribution is 2.19. The second-order valence-corrected chi connectivity index (χ2v) is 7.18. The van der Waals surface area contributed by atoms with Crippen LogP contribution >= 0.6 is 24.0 Å². The molecule has 1 fully saturated rings. The molecule has 160 valence electrons. The Morgan fingerprint density at radius 2 is 2.04 bits per heavy atom. The van der Waals surface area contributed by atoms with Gasteiger partial charge in [-0.1, -0.05) is 17.7 Å². The van der Waals surface area contributed by atoms with Gasteiger partial charge in [-0.25, -0.2) is 0 Å². The van der Waals surface area contributed by atoms with Crippen LogP contribution in [0.4, 0.5) is 0 Å². The van der Waals surface area contributed by atoms with E-state index >= 15 is 0 Å². The average molecular weight is 504 g/mol. The molecule has 6 nitrogen and oxygen atoms in total.